The molecule has 0 unspecified atom stereocenters. The predicted molar refractivity (Wildman–Crippen MR) is 88.5 cm³/mol. The highest BCUT2D eigenvalue weighted by Gasteiger charge is 2.33. The number of anilines is 2. The number of nitrogens with one attached hydrogen (secondary N) is 2. The van der Waals surface area contributed by atoms with Crippen LogP contribution in [0.5, 0.6) is 0 Å². The van der Waals surface area contributed by atoms with E-state index in [0.717, 1.165) is 12.1 Å². The van der Waals surface area contributed by atoms with Gasteiger partial charge in [0.2, 0.25) is 5.91 Å². The van der Waals surface area contributed by atoms with E-state index >= 15 is 0 Å². The maximum absolute atomic E-state index is 12.8. The molecule has 2 amide bonds. The quantitative estimate of drug-likeness (QED) is 0.752. The van der Waals surface area contributed by atoms with E-state index in [-0.39, 0.29) is 17.8 Å². The van der Waals surface area contributed by atoms with Crippen molar-refractivity contribution in [2.24, 2.45) is 5.73 Å². The van der Waals surface area contributed by atoms with Crippen molar-refractivity contribution in [3.8, 4) is 0 Å². The van der Waals surface area contributed by atoms with E-state index in [1.807, 2.05) is 0 Å². The molecule has 0 radical (unpaired) electrons. The number of alkyl halides is 3. The summed E-state index contributed by atoms with van der Waals surface area (Å²) in [7, 11) is 0. The van der Waals surface area contributed by atoms with Crippen molar-refractivity contribution in [1.29, 1.82) is 0 Å². The molecular formula is C16H13ClF3N3O2. The van der Waals surface area contributed by atoms with Gasteiger partial charge in [0, 0.05) is 11.4 Å². The van der Waals surface area contributed by atoms with Gasteiger partial charge in [0.1, 0.15) is 0 Å². The number of rotatable bonds is 5. The zero-order valence-corrected chi connectivity index (χ0v) is 13.4. The maximum Gasteiger partial charge on any atom is 0.417 e. The van der Waals surface area contributed by atoms with Crippen LogP contribution < -0.4 is 16.4 Å². The summed E-state index contributed by atoms with van der Waals surface area (Å²) in [5.74, 6) is -1.27. The first-order valence-electron chi connectivity index (χ1n) is 6.98. The highest BCUT2D eigenvalue weighted by Crippen LogP contribution is 2.36. The lowest BCUT2D eigenvalue weighted by Crippen LogP contribution is -2.23. The highest BCUT2D eigenvalue weighted by atomic mass is 35.5. The van der Waals surface area contributed by atoms with Gasteiger partial charge in [-0.15, -0.1) is 0 Å². The van der Waals surface area contributed by atoms with Crippen molar-refractivity contribution in [3.63, 3.8) is 0 Å². The van der Waals surface area contributed by atoms with Gasteiger partial charge >= 0.3 is 6.18 Å². The number of carbonyl (C=O) groups is 2. The second-order valence-corrected chi connectivity index (χ2v) is 5.41. The van der Waals surface area contributed by atoms with E-state index in [1.54, 1.807) is 18.2 Å². The Morgan fingerprint density at radius 1 is 1.12 bits per heavy atom. The molecule has 0 aliphatic rings. The largest absolute Gasteiger partial charge is 0.417 e. The van der Waals surface area contributed by atoms with Gasteiger partial charge in [0.15, 0.2) is 0 Å². The standard InChI is InChI=1S/C16H13ClF3N3O2/c17-12-6-5-9(7-11(12)16(18,19)20)23-14(24)8-22-13-4-2-1-3-10(13)15(21)25/h1-7,22H,8H2,(H2,21,25)(H,23,24). The van der Waals surface area contributed by atoms with Crippen LogP contribution in [0.15, 0.2) is 42.5 Å². The fourth-order valence-electron chi connectivity index (χ4n) is 2.05. The van der Waals surface area contributed by atoms with Crippen molar-refractivity contribution < 1.29 is 22.8 Å². The Morgan fingerprint density at radius 3 is 2.44 bits per heavy atom. The van der Waals surface area contributed by atoms with Crippen LogP contribution in [0.2, 0.25) is 5.02 Å². The van der Waals surface area contributed by atoms with Gasteiger partial charge in [0.25, 0.3) is 5.91 Å². The third-order valence-corrected chi connectivity index (χ3v) is 3.52. The lowest BCUT2D eigenvalue weighted by molar-refractivity contribution is -0.137. The number of para-hydroxylation sites is 1. The minimum absolute atomic E-state index is 0.0493. The Balaban J connectivity index is 2.06. The topological polar surface area (TPSA) is 84.2 Å². The number of hydrogen-bond donors (Lipinski definition) is 3. The minimum Gasteiger partial charge on any atom is -0.376 e. The minimum atomic E-state index is -4.63. The van der Waals surface area contributed by atoms with E-state index in [4.69, 9.17) is 17.3 Å². The molecule has 2 aromatic rings. The molecule has 0 aliphatic carbocycles. The van der Waals surface area contributed by atoms with E-state index < -0.39 is 28.6 Å². The van der Waals surface area contributed by atoms with E-state index in [2.05, 4.69) is 10.6 Å². The monoisotopic (exact) mass is 371 g/mol. The molecule has 5 nitrogen and oxygen atoms in total. The third-order valence-electron chi connectivity index (χ3n) is 3.19. The van der Waals surface area contributed by atoms with Crippen LogP contribution in [0.3, 0.4) is 0 Å². The van der Waals surface area contributed by atoms with Crippen molar-refractivity contribution in [1.82, 2.24) is 0 Å². The number of amides is 2. The number of benzene rings is 2. The van der Waals surface area contributed by atoms with Crippen LogP contribution in [0.25, 0.3) is 0 Å². The van der Waals surface area contributed by atoms with E-state index in [9.17, 15) is 22.8 Å². The van der Waals surface area contributed by atoms with Crippen LogP contribution in [0.4, 0.5) is 24.5 Å². The molecule has 0 bridgehead atoms. The molecule has 0 fully saturated rings. The lowest BCUT2D eigenvalue weighted by Gasteiger charge is -2.13. The Hall–Kier alpha value is -2.74. The first kappa shape index (κ1) is 18.6. The number of hydrogen-bond acceptors (Lipinski definition) is 3. The Morgan fingerprint density at radius 2 is 1.80 bits per heavy atom. The van der Waals surface area contributed by atoms with Crippen LogP contribution in [-0.2, 0) is 11.0 Å². The van der Waals surface area contributed by atoms with Crippen LogP contribution in [-0.4, -0.2) is 18.4 Å². The summed E-state index contributed by atoms with van der Waals surface area (Å²) in [5.41, 5.74) is 4.67. The SMILES string of the molecule is NC(=O)c1ccccc1NCC(=O)Nc1ccc(Cl)c(C(F)(F)F)c1. The first-order valence-corrected chi connectivity index (χ1v) is 7.35. The van der Waals surface area contributed by atoms with Crippen molar-refractivity contribution in [2.45, 2.75) is 6.18 Å². The Labute approximate surface area is 146 Å². The molecular weight excluding hydrogens is 359 g/mol. The predicted octanol–water partition coefficient (Wildman–Crippen LogP) is 3.51. The summed E-state index contributed by atoms with van der Waals surface area (Å²) < 4.78 is 38.4. The van der Waals surface area contributed by atoms with Gasteiger partial charge in [-0.05, 0) is 30.3 Å². The average molecular weight is 372 g/mol. The average Bonchev–Trinajstić information content (AvgIpc) is 2.54. The van der Waals surface area contributed by atoms with Crippen molar-refractivity contribution in [3.05, 3.63) is 58.6 Å². The smallest absolute Gasteiger partial charge is 0.376 e. The molecule has 0 aromatic heterocycles. The van der Waals surface area contributed by atoms with Gasteiger partial charge in [-0.25, -0.2) is 0 Å². The summed E-state index contributed by atoms with van der Waals surface area (Å²) in [6.07, 6.45) is -4.63. The van der Waals surface area contributed by atoms with Gasteiger partial charge in [0.05, 0.1) is 22.7 Å². The third kappa shape index (κ3) is 4.87. The van der Waals surface area contributed by atoms with Crippen molar-refractivity contribution >= 4 is 34.8 Å². The van der Waals surface area contributed by atoms with Gasteiger partial charge < -0.3 is 16.4 Å². The molecule has 0 heterocycles. The summed E-state index contributed by atoms with van der Waals surface area (Å²) in [5, 5.41) is 4.57. The molecule has 25 heavy (non-hydrogen) atoms. The molecule has 0 saturated carbocycles. The normalized spacial score (nSPS) is 11.0. The highest BCUT2D eigenvalue weighted by molar-refractivity contribution is 6.31. The molecule has 2 aromatic carbocycles. The summed E-state index contributed by atoms with van der Waals surface area (Å²) in [6, 6.07) is 9.34. The summed E-state index contributed by atoms with van der Waals surface area (Å²) in [4.78, 5) is 23.2. The van der Waals surface area contributed by atoms with Crippen LogP contribution >= 0.6 is 11.6 Å². The molecule has 9 heteroatoms. The molecule has 0 aliphatic heterocycles. The number of halogens is 4. The van der Waals surface area contributed by atoms with E-state index in [1.165, 1.54) is 12.1 Å². The molecule has 0 atom stereocenters. The number of carbonyl (C=O) groups excluding carboxylic acids is 2. The Kier molecular flexibility index (Phi) is 5.53. The Bertz CT molecular complexity index is 809. The zero-order chi connectivity index (χ0) is 18.6. The first-order chi connectivity index (χ1) is 11.7. The van der Waals surface area contributed by atoms with Gasteiger partial charge in [-0.2, -0.15) is 13.2 Å². The van der Waals surface area contributed by atoms with Crippen LogP contribution in [0, 0.1) is 0 Å². The molecule has 0 spiro atoms. The fourth-order valence-corrected chi connectivity index (χ4v) is 2.28. The van der Waals surface area contributed by atoms with Gasteiger partial charge in [-0.1, -0.05) is 23.7 Å². The summed E-state index contributed by atoms with van der Waals surface area (Å²) >= 11 is 5.52. The van der Waals surface area contributed by atoms with E-state index in [0.29, 0.717) is 5.69 Å². The molecule has 132 valence electrons. The molecule has 0 saturated heterocycles. The zero-order valence-electron chi connectivity index (χ0n) is 12.7. The molecule has 2 rings (SSSR count). The number of nitrogens with two attached hydrogens (primary N) is 1. The maximum atomic E-state index is 12.8. The fraction of sp³-hybridized carbons (Fsp3) is 0.125. The second-order valence-electron chi connectivity index (χ2n) is 5.00. The lowest BCUT2D eigenvalue weighted by atomic mass is 10.1. The number of primary amides is 1. The summed E-state index contributed by atoms with van der Waals surface area (Å²) in [6.45, 7) is -0.270. The van der Waals surface area contributed by atoms with Crippen molar-refractivity contribution in [2.75, 3.05) is 17.2 Å². The van der Waals surface area contributed by atoms with Gasteiger partial charge in [-0.3, -0.25) is 9.59 Å². The van der Waals surface area contributed by atoms with Crippen LogP contribution in [0.1, 0.15) is 15.9 Å². The second kappa shape index (κ2) is 7.43. The molecule has 4 N–H and O–H groups in total.